The van der Waals surface area contributed by atoms with Crippen LogP contribution in [0.3, 0.4) is 0 Å². The zero-order chi connectivity index (χ0) is 21.3. The largest absolute Gasteiger partial charge is 0.303 e. The molecule has 0 bridgehead atoms. The number of Topliss-reactive ketones (excluding diaryl/α,β-unsaturated/α-hetero) is 1. The number of hydrogen-bond acceptors (Lipinski definition) is 3. The summed E-state index contributed by atoms with van der Waals surface area (Å²) >= 11 is 5.99. The Labute approximate surface area is 186 Å². The lowest BCUT2D eigenvalue weighted by Crippen LogP contribution is -2.23. The van der Waals surface area contributed by atoms with E-state index in [2.05, 4.69) is 35.4 Å². The Bertz CT molecular complexity index is 856. The highest BCUT2D eigenvalue weighted by atomic mass is 35.5. The molecule has 0 atom stereocenters. The van der Waals surface area contributed by atoms with Crippen molar-refractivity contribution < 1.29 is 4.79 Å². The first-order valence-electron chi connectivity index (χ1n) is 11.0. The molecule has 0 aromatic heterocycles. The smallest absolute Gasteiger partial charge is 0.167 e. The second-order valence-electron chi connectivity index (χ2n) is 8.11. The van der Waals surface area contributed by atoms with Crippen LogP contribution in [0, 0.1) is 0 Å². The summed E-state index contributed by atoms with van der Waals surface area (Å²) in [4.78, 5) is 15.5. The molecule has 2 aliphatic rings. The van der Waals surface area contributed by atoms with Crippen LogP contribution in [0.25, 0.3) is 5.57 Å². The first-order valence-corrected chi connectivity index (χ1v) is 11.4. The van der Waals surface area contributed by atoms with Gasteiger partial charge < -0.3 is 5.32 Å². The minimum Gasteiger partial charge on any atom is -0.303 e. The van der Waals surface area contributed by atoms with E-state index < -0.39 is 0 Å². The molecular weight excluding hydrogens is 392 g/mol. The third-order valence-corrected chi connectivity index (χ3v) is 6.21. The molecule has 1 aromatic carbocycles. The first kappa shape index (κ1) is 22.7. The summed E-state index contributed by atoms with van der Waals surface area (Å²) in [6.07, 6.45) is 13.5. The molecule has 1 aromatic rings. The second-order valence-corrected chi connectivity index (χ2v) is 8.54. The van der Waals surface area contributed by atoms with Gasteiger partial charge in [-0.2, -0.15) is 0 Å². The van der Waals surface area contributed by atoms with Crippen LogP contribution in [0.15, 0.2) is 65.3 Å². The highest BCUT2D eigenvalue weighted by Gasteiger charge is 2.15. The quantitative estimate of drug-likeness (QED) is 0.414. The summed E-state index contributed by atoms with van der Waals surface area (Å²) in [6.45, 7) is 8.54. The number of carbonyl (C=O) groups excluding carboxylic acids is 1. The zero-order valence-corrected chi connectivity index (χ0v) is 19.0. The minimum absolute atomic E-state index is 0.155. The molecular formula is C26H33ClN2O. The van der Waals surface area contributed by atoms with Crippen molar-refractivity contribution in [2.24, 2.45) is 0 Å². The van der Waals surface area contributed by atoms with Gasteiger partial charge >= 0.3 is 0 Å². The Kier molecular flexibility index (Phi) is 8.68. The lowest BCUT2D eigenvalue weighted by Gasteiger charge is -2.16. The molecule has 0 unspecified atom stereocenters. The Balaban J connectivity index is 1.58. The van der Waals surface area contributed by atoms with Crippen LogP contribution in [-0.2, 0) is 4.79 Å². The number of hydrogen-bond donors (Lipinski definition) is 1. The molecule has 0 saturated carbocycles. The Morgan fingerprint density at radius 2 is 2.00 bits per heavy atom. The van der Waals surface area contributed by atoms with Crippen LogP contribution < -0.4 is 5.32 Å². The molecule has 1 N–H and O–H groups in total. The number of carbonyl (C=O) groups is 1. The van der Waals surface area contributed by atoms with Crippen LogP contribution in [0.2, 0.25) is 5.02 Å². The number of rotatable bonds is 8. The van der Waals surface area contributed by atoms with Crippen LogP contribution >= 0.6 is 11.6 Å². The van der Waals surface area contributed by atoms with Crippen LogP contribution in [0.4, 0.5) is 0 Å². The average Bonchev–Trinajstić information content (AvgIpc) is 3.25. The van der Waals surface area contributed by atoms with Gasteiger partial charge in [-0.3, -0.25) is 9.69 Å². The van der Waals surface area contributed by atoms with Gasteiger partial charge in [-0.05, 0) is 69.3 Å². The van der Waals surface area contributed by atoms with Gasteiger partial charge in [0.05, 0.1) is 0 Å². The van der Waals surface area contributed by atoms with E-state index >= 15 is 0 Å². The molecule has 1 fully saturated rings. The molecule has 1 aliphatic carbocycles. The predicted molar refractivity (Wildman–Crippen MR) is 128 cm³/mol. The molecule has 0 spiro atoms. The van der Waals surface area contributed by atoms with Crippen LogP contribution in [-0.4, -0.2) is 37.0 Å². The maximum atomic E-state index is 13.0. The minimum atomic E-state index is 0.155. The highest BCUT2D eigenvalue weighted by Crippen LogP contribution is 2.26. The van der Waals surface area contributed by atoms with Crippen molar-refractivity contribution in [2.75, 3.05) is 26.3 Å². The zero-order valence-electron chi connectivity index (χ0n) is 18.2. The summed E-state index contributed by atoms with van der Waals surface area (Å²) < 4.78 is 0. The van der Waals surface area contributed by atoms with Gasteiger partial charge in [-0.1, -0.05) is 59.2 Å². The fraction of sp³-hybridized carbons (Fsp3) is 0.423. The van der Waals surface area contributed by atoms with Gasteiger partial charge in [-0.25, -0.2) is 0 Å². The average molecular weight is 425 g/mol. The van der Waals surface area contributed by atoms with E-state index in [1.165, 1.54) is 30.7 Å². The molecule has 4 heteroatoms. The van der Waals surface area contributed by atoms with Crippen molar-refractivity contribution in [3.05, 3.63) is 75.9 Å². The molecule has 1 saturated heterocycles. The second kappa shape index (κ2) is 11.5. The van der Waals surface area contributed by atoms with Gasteiger partial charge in [-0.15, -0.1) is 0 Å². The maximum Gasteiger partial charge on any atom is 0.167 e. The standard InChI is InChI=1S/C26H33ClN2O/c1-3-25(22-11-13-24(27)14-12-22)26(30)18-23-8-4-6-21(10-9-20(23)2)7-5-16-29-17-15-28-19-29/h3,6,8-9,11-14,28H,4-5,7,10,15-19H2,1-2H3/b20-9-,21-6-,23-8-,25-3-. The molecule has 1 heterocycles. The Morgan fingerprint density at radius 3 is 2.70 bits per heavy atom. The third-order valence-electron chi connectivity index (χ3n) is 5.96. The lowest BCUT2D eigenvalue weighted by molar-refractivity contribution is -0.113. The molecule has 1 aliphatic heterocycles. The van der Waals surface area contributed by atoms with Gasteiger partial charge in [0, 0.05) is 36.8 Å². The molecule has 30 heavy (non-hydrogen) atoms. The summed E-state index contributed by atoms with van der Waals surface area (Å²) in [5.41, 5.74) is 5.57. The predicted octanol–water partition coefficient (Wildman–Crippen LogP) is 5.94. The number of nitrogens with one attached hydrogen (secondary N) is 1. The normalized spacial score (nSPS) is 23.6. The fourth-order valence-electron chi connectivity index (χ4n) is 4.10. The van der Waals surface area contributed by atoms with Gasteiger partial charge in [0.1, 0.15) is 0 Å². The van der Waals surface area contributed by atoms with Crippen molar-refractivity contribution >= 4 is 23.0 Å². The topological polar surface area (TPSA) is 32.3 Å². The number of allylic oxidation sites excluding steroid dienone is 8. The molecule has 160 valence electrons. The van der Waals surface area contributed by atoms with E-state index in [-0.39, 0.29) is 5.78 Å². The Morgan fingerprint density at radius 1 is 1.20 bits per heavy atom. The molecule has 3 nitrogen and oxygen atoms in total. The van der Waals surface area contributed by atoms with Gasteiger partial charge in [0.15, 0.2) is 5.78 Å². The lowest BCUT2D eigenvalue weighted by atomic mass is 9.91. The van der Waals surface area contributed by atoms with Gasteiger partial charge in [0.2, 0.25) is 0 Å². The van der Waals surface area contributed by atoms with Crippen molar-refractivity contribution in [2.45, 2.75) is 46.0 Å². The van der Waals surface area contributed by atoms with E-state index in [4.69, 9.17) is 11.6 Å². The molecule has 0 amide bonds. The molecule has 3 rings (SSSR count). The van der Waals surface area contributed by atoms with E-state index in [0.29, 0.717) is 11.4 Å². The first-order chi connectivity index (χ1) is 14.6. The van der Waals surface area contributed by atoms with Crippen LogP contribution in [0.1, 0.15) is 51.5 Å². The fourth-order valence-corrected chi connectivity index (χ4v) is 4.23. The summed E-state index contributed by atoms with van der Waals surface area (Å²) in [5.74, 6) is 0.155. The summed E-state index contributed by atoms with van der Waals surface area (Å²) in [6, 6.07) is 7.50. The number of ketones is 1. The number of nitrogens with zero attached hydrogens (tertiary/aromatic N) is 1. The van der Waals surface area contributed by atoms with Crippen LogP contribution in [0.5, 0.6) is 0 Å². The van der Waals surface area contributed by atoms with E-state index in [1.807, 2.05) is 37.3 Å². The highest BCUT2D eigenvalue weighted by molar-refractivity contribution is 6.30. The number of halogens is 1. The van der Waals surface area contributed by atoms with Crippen molar-refractivity contribution in [1.82, 2.24) is 10.2 Å². The van der Waals surface area contributed by atoms with Gasteiger partial charge in [0.25, 0.3) is 0 Å². The van der Waals surface area contributed by atoms with E-state index in [1.54, 1.807) is 0 Å². The maximum absolute atomic E-state index is 13.0. The van der Waals surface area contributed by atoms with Crippen molar-refractivity contribution in [1.29, 1.82) is 0 Å². The summed E-state index contributed by atoms with van der Waals surface area (Å²) in [5, 5.41) is 4.07. The molecule has 0 radical (unpaired) electrons. The van der Waals surface area contributed by atoms with E-state index in [9.17, 15) is 4.79 Å². The van der Waals surface area contributed by atoms with Crippen molar-refractivity contribution in [3.8, 4) is 0 Å². The third kappa shape index (κ3) is 6.53. The number of benzene rings is 1. The Hall–Kier alpha value is -1.94. The van der Waals surface area contributed by atoms with Crippen molar-refractivity contribution in [3.63, 3.8) is 0 Å². The SMILES string of the molecule is C/C=C(\C(=O)CC1=C/C/C=C(/CCCN2CCNC2)C/C=C\1C)c1ccc(Cl)cc1. The monoisotopic (exact) mass is 424 g/mol. The van der Waals surface area contributed by atoms with E-state index in [0.717, 1.165) is 49.2 Å². The summed E-state index contributed by atoms with van der Waals surface area (Å²) in [7, 11) is 0.